The standard InChI is InChI=1S/C16H15ClOS/c1-10-9-14(19-16(10)17)15(18)13-8-4-6-11-5-2-3-7-12(11)13/h2-3,5,7,9,13H,4,6,8H2,1H3. The smallest absolute Gasteiger partial charge is 0.180 e. The number of carbonyl (C=O) groups excluding carboxylic acids is 1. The second-order valence-corrected chi connectivity index (χ2v) is 6.73. The van der Waals surface area contributed by atoms with E-state index in [9.17, 15) is 4.79 Å². The van der Waals surface area contributed by atoms with Crippen molar-refractivity contribution in [3.05, 3.63) is 56.2 Å². The third kappa shape index (κ3) is 2.35. The Morgan fingerprint density at radius 2 is 2.16 bits per heavy atom. The zero-order valence-electron chi connectivity index (χ0n) is 10.8. The van der Waals surface area contributed by atoms with Gasteiger partial charge >= 0.3 is 0 Å². The number of aryl methyl sites for hydroxylation is 2. The van der Waals surface area contributed by atoms with Crippen LogP contribution in [0.5, 0.6) is 0 Å². The Labute approximate surface area is 122 Å². The van der Waals surface area contributed by atoms with E-state index in [2.05, 4.69) is 18.2 Å². The van der Waals surface area contributed by atoms with Crippen LogP contribution >= 0.6 is 22.9 Å². The summed E-state index contributed by atoms with van der Waals surface area (Å²) in [4.78, 5) is 13.5. The van der Waals surface area contributed by atoms with Crippen molar-refractivity contribution in [1.29, 1.82) is 0 Å². The second kappa shape index (κ2) is 5.10. The summed E-state index contributed by atoms with van der Waals surface area (Å²) in [5, 5.41) is 0. The molecule has 1 unspecified atom stereocenters. The first-order valence-corrected chi connectivity index (χ1v) is 7.74. The van der Waals surface area contributed by atoms with Crippen LogP contribution < -0.4 is 0 Å². The van der Waals surface area contributed by atoms with Gasteiger partial charge in [0.2, 0.25) is 0 Å². The molecule has 0 amide bonds. The van der Waals surface area contributed by atoms with Crippen molar-refractivity contribution < 1.29 is 4.79 Å². The van der Waals surface area contributed by atoms with E-state index < -0.39 is 0 Å². The minimum Gasteiger partial charge on any atom is -0.293 e. The van der Waals surface area contributed by atoms with Gasteiger partial charge in [-0.25, -0.2) is 0 Å². The van der Waals surface area contributed by atoms with Gasteiger partial charge in [-0.15, -0.1) is 11.3 Å². The van der Waals surface area contributed by atoms with E-state index in [-0.39, 0.29) is 11.7 Å². The summed E-state index contributed by atoms with van der Waals surface area (Å²) in [5.41, 5.74) is 3.53. The average Bonchev–Trinajstić information content (AvgIpc) is 2.77. The van der Waals surface area contributed by atoms with Gasteiger partial charge in [0.1, 0.15) is 0 Å². The maximum atomic E-state index is 12.7. The molecule has 1 aromatic heterocycles. The number of benzene rings is 1. The Hall–Kier alpha value is -1.12. The minimum absolute atomic E-state index is 0.0130. The molecule has 3 heteroatoms. The number of thiophene rings is 1. The van der Waals surface area contributed by atoms with Crippen LogP contribution in [0.4, 0.5) is 0 Å². The van der Waals surface area contributed by atoms with Gasteiger partial charge < -0.3 is 0 Å². The van der Waals surface area contributed by atoms with Crippen molar-refractivity contribution in [2.45, 2.75) is 32.1 Å². The molecule has 0 bridgehead atoms. The lowest BCUT2D eigenvalue weighted by Gasteiger charge is -2.23. The molecule has 1 heterocycles. The summed E-state index contributed by atoms with van der Waals surface area (Å²) in [6.45, 7) is 1.95. The summed E-state index contributed by atoms with van der Waals surface area (Å²) in [6, 6.07) is 10.2. The van der Waals surface area contributed by atoms with Gasteiger partial charge in [-0.3, -0.25) is 4.79 Å². The van der Waals surface area contributed by atoms with E-state index in [4.69, 9.17) is 11.6 Å². The fourth-order valence-corrected chi connectivity index (χ4v) is 3.97. The van der Waals surface area contributed by atoms with Gasteiger partial charge in [-0.05, 0) is 48.9 Å². The minimum atomic E-state index is 0.0130. The van der Waals surface area contributed by atoms with Crippen LogP contribution in [0.2, 0.25) is 4.34 Å². The Morgan fingerprint density at radius 1 is 1.37 bits per heavy atom. The molecular weight excluding hydrogens is 276 g/mol. The van der Waals surface area contributed by atoms with Crippen LogP contribution in [-0.2, 0) is 6.42 Å². The lowest BCUT2D eigenvalue weighted by Crippen LogP contribution is -2.17. The van der Waals surface area contributed by atoms with Crippen LogP contribution in [-0.4, -0.2) is 5.78 Å². The van der Waals surface area contributed by atoms with Crippen molar-refractivity contribution in [2.24, 2.45) is 0 Å². The number of rotatable bonds is 2. The lowest BCUT2D eigenvalue weighted by atomic mass is 9.80. The highest BCUT2D eigenvalue weighted by atomic mass is 35.5. The first-order chi connectivity index (χ1) is 9.16. The highest BCUT2D eigenvalue weighted by Crippen LogP contribution is 2.37. The number of hydrogen-bond donors (Lipinski definition) is 0. The third-order valence-electron chi connectivity index (χ3n) is 3.79. The Bertz CT molecular complexity index is 610. The number of Topliss-reactive ketones (excluding diaryl/α,β-unsaturated/α-hetero) is 1. The van der Waals surface area contributed by atoms with Crippen LogP contribution in [0, 0.1) is 6.92 Å². The molecule has 98 valence electrons. The van der Waals surface area contributed by atoms with Crippen molar-refractivity contribution in [2.75, 3.05) is 0 Å². The molecule has 0 spiro atoms. The van der Waals surface area contributed by atoms with Crippen LogP contribution in [0.1, 0.15) is 45.1 Å². The maximum absolute atomic E-state index is 12.7. The van der Waals surface area contributed by atoms with Crippen LogP contribution in [0.25, 0.3) is 0 Å². The van der Waals surface area contributed by atoms with Gasteiger partial charge in [0.25, 0.3) is 0 Å². The largest absolute Gasteiger partial charge is 0.293 e. The molecule has 3 rings (SSSR count). The summed E-state index contributed by atoms with van der Waals surface area (Å²) >= 11 is 7.49. The summed E-state index contributed by atoms with van der Waals surface area (Å²) < 4.78 is 0.729. The fourth-order valence-electron chi connectivity index (χ4n) is 2.78. The Balaban J connectivity index is 1.97. The first kappa shape index (κ1) is 12.9. The monoisotopic (exact) mass is 290 g/mol. The Morgan fingerprint density at radius 3 is 2.89 bits per heavy atom. The van der Waals surface area contributed by atoms with Crippen molar-refractivity contribution >= 4 is 28.7 Å². The number of halogens is 1. The van der Waals surface area contributed by atoms with Crippen molar-refractivity contribution in [1.82, 2.24) is 0 Å². The third-order valence-corrected chi connectivity index (χ3v) is 5.36. The van der Waals surface area contributed by atoms with Crippen LogP contribution in [0.15, 0.2) is 30.3 Å². The molecule has 0 saturated heterocycles. The quantitative estimate of drug-likeness (QED) is 0.710. The van der Waals surface area contributed by atoms with Crippen LogP contribution in [0.3, 0.4) is 0 Å². The van der Waals surface area contributed by atoms with E-state index in [0.29, 0.717) is 0 Å². The number of fused-ring (bicyclic) bond motifs is 1. The molecule has 0 fully saturated rings. The molecule has 19 heavy (non-hydrogen) atoms. The highest BCUT2D eigenvalue weighted by molar-refractivity contribution is 7.18. The molecule has 0 aliphatic heterocycles. The second-order valence-electron chi connectivity index (χ2n) is 5.08. The maximum Gasteiger partial charge on any atom is 0.180 e. The average molecular weight is 291 g/mol. The topological polar surface area (TPSA) is 17.1 Å². The molecule has 1 aromatic carbocycles. The Kier molecular flexibility index (Phi) is 3.46. The predicted molar refractivity (Wildman–Crippen MR) is 80.5 cm³/mol. The van der Waals surface area contributed by atoms with E-state index in [1.165, 1.54) is 22.5 Å². The molecule has 2 aromatic rings. The zero-order chi connectivity index (χ0) is 13.4. The molecule has 1 aliphatic carbocycles. The fraction of sp³-hybridized carbons (Fsp3) is 0.312. The lowest BCUT2D eigenvalue weighted by molar-refractivity contribution is 0.0955. The predicted octanol–water partition coefficient (Wildman–Crippen LogP) is 5.01. The van der Waals surface area contributed by atoms with Gasteiger partial charge in [-0.1, -0.05) is 35.9 Å². The highest BCUT2D eigenvalue weighted by Gasteiger charge is 2.28. The van der Waals surface area contributed by atoms with Gasteiger partial charge in [0, 0.05) is 5.92 Å². The summed E-state index contributed by atoms with van der Waals surface area (Å²) in [7, 11) is 0. The molecule has 0 radical (unpaired) electrons. The SMILES string of the molecule is Cc1cc(C(=O)C2CCCc3ccccc32)sc1Cl. The first-order valence-electron chi connectivity index (χ1n) is 6.55. The number of ketones is 1. The molecule has 1 aliphatic rings. The van der Waals surface area contributed by atoms with E-state index in [1.807, 2.05) is 19.1 Å². The summed E-state index contributed by atoms with van der Waals surface area (Å²) in [5.74, 6) is 0.242. The van der Waals surface area contributed by atoms with Gasteiger partial charge in [-0.2, -0.15) is 0 Å². The molecule has 1 nitrogen and oxygen atoms in total. The molecule has 0 N–H and O–H groups in total. The normalized spacial score (nSPS) is 18.1. The van der Waals surface area contributed by atoms with E-state index in [0.717, 1.165) is 34.0 Å². The number of carbonyl (C=O) groups is 1. The van der Waals surface area contributed by atoms with Crippen molar-refractivity contribution in [3.63, 3.8) is 0 Å². The molecular formula is C16H15ClOS. The van der Waals surface area contributed by atoms with Gasteiger partial charge in [0.15, 0.2) is 5.78 Å². The molecule has 0 saturated carbocycles. The number of hydrogen-bond acceptors (Lipinski definition) is 2. The summed E-state index contributed by atoms with van der Waals surface area (Å²) in [6.07, 6.45) is 3.13. The van der Waals surface area contributed by atoms with Gasteiger partial charge in [0.05, 0.1) is 9.21 Å². The molecule has 1 atom stereocenters. The van der Waals surface area contributed by atoms with Crippen molar-refractivity contribution in [3.8, 4) is 0 Å². The zero-order valence-corrected chi connectivity index (χ0v) is 12.4. The van der Waals surface area contributed by atoms with E-state index >= 15 is 0 Å². The van der Waals surface area contributed by atoms with E-state index in [1.54, 1.807) is 0 Å².